The van der Waals surface area contributed by atoms with E-state index in [9.17, 15) is 4.39 Å². The molecule has 1 atom stereocenters. The lowest BCUT2D eigenvalue weighted by Crippen LogP contribution is -2.27. The molecule has 0 bridgehead atoms. The molecular weight excluding hydrogens is 313 g/mol. The van der Waals surface area contributed by atoms with Crippen molar-refractivity contribution in [1.82, 2.24) is 10.1 Å². The van der Waals surface area contributed by atoms with E-state index in [1.807, 2.05) is 20.8 Å². The maximum atomic E-state index is 13.7. The first-order chi connectivity index (χ1) is 8.79. The van der Waals surface area contributed by atoms with Crippen molar-refractivity contribution in [3.63, 3.8) is 0 Å². The summed E-state index contributed by atoms with van der Waals surface area (Å²) in [4.78, 5) is 4.19. The number of nitrogens with two attached hydrogens (primary N) is 1. The van der Waals surface area contributed by atoms with E-state index < -0.39 is 5.82 Å². The molecule has 0 saturated heterocycles. The zero-order chi connectivity index (χ0) is 14.2. The number of hydrogen-bond donors (Lipinski definition) is 1. The SMILES string of the molecule is CC(C)(C)C(N)c1noc(-c2cc(Br)ccc2F)n1. The maximum absolute atomic E-state index is 13.7. The molecule has 2 aromatic rings. The van der Waals surface area contributed by atoms with Crippen LogP contribution in [0.4, 0.5) is 4.39 Å². The van der Waals surface area contributed by atoms with E-state index in [1.165, 1.54) is 6.07 Å². The molecule has 4 nitrogen and oxygen atoms in total. The van der Waals surface area contributed by atoms with Crippen LogP contribution in [0.2, 0.25) is 0 Å². The lowest BCUT2D eigenvalue weighted by atomic mass is 9.87. The van der Waals surface area contributed by atoms with E-state index in [4.69, 9.17) is 10.3 Å². The molecule has 0 aliphatic rings. The predicted molar refractivity (Wildman–Crippen MR) is 73.8 cm³/mol. The number of nitrogens with zero attached hydrogens (tertiary/aromatic N) is 2. The van der Waals surface area contributed by atoms with Gasteiger partial charge in [0.25, 0.3) is 5.89 Å². The second kappa shape index (κ2) is 5.02. The summed E-state index contributed by atoms with van der Waals surface area (Å²) >= 11 is 3.28. The van der Waals surface area contributed by atoms with Gasteiger partial charge in [0.05, 0.1) is 11.6 Å². The van der Waals surface area contributed by atoms with Crippen LogP contribution in [0.25, 0.3) is 11.5 Å². The lowest BCUT2D eigenvalue weighted by Gasteiger charge is -2.23. The largest absolute Gasteiger partial charge is 0.334 e. The molecule has 0 aliphatic carbocycles. The van der Waals surface area contributed by atoms with Crippen LogP contribution in [0.3, 0.4) is 0 Å². The van der Waals surface area contributed by atoms with Gasteiger partial charge >= 0.3 is 0 Å². The number of halogens is 2. The fourth-order valence-corrected chi connectivity index (χ4v) is 1.88. The monoisotopic (exact) mass is 327 g/mol. The summed E-state index contributed by atoms with van der Waals surface area (Å²) in [6.07, 6.45) is 0. The molecule has 0 amide bonds. The van der Waals surface area contributed by atoms with Gasteiger partial charge in [0.15, 0.2) is 5.82 Å². The summed E-state index contributed by atoms with van der Waals surface area (Å²) in [6, 6.07) is 4.17. The zero-order valence-corrected chi connectivity index (χ0v) is 12.5. The fraction of sp³-hybridized carbons (Fsp3) is 0.385. The Morgan fingerprint density at radius 1 is 1.37 bits per heavy atom. The molecule has 0 radical (unpaired) electrons. The normalized spacial score (nSPS) is 13.6. The summed E-state index contributed by atoms with van der Waals surface area (Å²) < 4.78 is 19.6. The molecule has 0 saturated carbocycles. The average Bonchev–Trinajstić information content (AvgIpc) is 2.79. The van der Waals surface area contributed by atoms with Crippen LogP contribution in [-0.2, 0) is 0 Å². The Balaban J connectivity index is 2.39. The highest BCUT2D eigenvalue weighted by atomic mass is 79.9. The average molecular weight is 328 g/mol. The molecule has 1 aromatic carbocycles. The Bertz CT molecular complexity index is 592. The topological polar surface area (TPSA) is 64.9 Å². The first-order valence-electron chi connectivity index (χ1n) is 5.83. The molecule has 6 heteroatoms. The highest BCUT2D eigenvalue weighted by Crippen LogP contribution is 2.31. The highest BCUT2D eigenvalue weighted by Gasteiger charge is 2.27. The minimum absolute atomic E-state index is 0.133. The first kappa shape index (κ1) is 14.1. The summed E-state index contributed by atoms with van der Waals surface area (Å²) in [5, 5.41) is 3.84. The van der Waals surface area contributed by atoms with Crippen molar-refractivity contribution >= 4 is 15.9 Å². The molecule has 19 heavy (non-hydrogen) atoms. The van der Waals surface area contributed by atoms with Gasteiger partial charge in [0.2, 0.25) is 0 Å². The van der Waals surface area contributed by atoms with E-state index >= 15 is 0 Å². The number of benzene rings is 1. The Morgan fingerprint density at radius 2 is 2.05 bits per heavy atom. The molecule has 1 aromatic heterocycles. The standard InChI is InChI=1S/C13H15BrFN3O/c1-13(2,3)10(16)11-17-12(19-18-11)8-6-7(14)4-5-9(8)15/h4-6,10H,16H2,1-3H3. The van der Waals surface area contributed by atoms with Gasteiger partial charge in [0, 0.05) is 4.47 Å². The Morgan fingerprint density at radius 3 is 2.68 bits per heavy atom. The van der Waals surface area contributed by atoms with Crippen molar-refractivity contribution in [2.75, 3.05) is 0 Å². The minimum atomic E-state index is -0.414. The minimum Gasteiger partial charge on any atom is -0.334 e. The molecule has 2 rings (SSSR count). The smallest absolute Gasteiger partial charge is 0.260 e. The third-order valence-electron chi connectivity index (χ3n) is 2.81. The van der Waals surface area contributed by atoms with Gasteiger partial charge in [-0.25, -0.2) is 4.39 Å². The van der Waals surface area contributed by atoms with Gasteiger partial charge in [-0.3, -0.25) is 0 Å². The van der Waals surface area contributed by atoms with Gasteiger partial charge < -0.3 is 10.3 Å². The van der Waals surface area contributed by atoms with E-state index in [-0.39, 0.29) is 22.9 Å². The lowest BCUT2D eigenvalue weighted by molar-refractivity contribution is 0.303. The fourth-order valence-electron chi connectivity index (χ4n) is 1.52. The van der Waals surface area contributed by atoms with Crippen molar-refractivity contribution in [2.45, 2.75) is 26.8 Å². The summed E-state index contributed by atoms with van der Waals surface area (Å²) in [6.45, 7) is 5.94. The molecule has 1 unspecified atom stereocenters. The first-order valence-corrected chi connectivity index (χ1v) is 6.63. The molecule has 102 valence electrons. The maximum Gasteiger partial charge on any atom is 0.260 e. The molecule has 0 aliphatic heterocycles. The molecule has 2 N–H and O–H groups in total. The van der Waals surface area contributed by atoms with Crippen LogP contribution >= 0.6 is 15.9 Å². The van der Waals surface area contributed by atoms with Crippen LogP contribution in [0.15, 0.2) is 27.2 Å². The summed E-state index contributed by atoms with van der Waals surface area (Å²) in [7, 11) is 0. The van der Waals surface area contributed by atoms with E-state index in [0.29, 0.717) is 5.82 Å². The number of aromatic nitrogens is 2. The van der Waals surface area contributed by atoms with Crippen LogP contribution in [0.5, 0.6) is 0 Å². The van der Waals surface area contributed by atoms with Crippen molar-refractivity contribution in [1.29, 1.82) is 0 Å². The van der Waals surface area contributed by atoms with Crippen LogP contribution < -0.4 is 5.73 Å². The Labute approximate surface area is 119 Å². The van der Waals surface area contributed by atoms with E-state index in [1.54, 1.807) is 12.1 Å². The molecule has 0 spiro atoms. The zero-order valence-electron chi connectivity index (χ0n) is 10.9. The third-order valence-corrected chi connectivity index (χ3v) is 3.30. The van der Waals surface area contributed by atoms with Gasteiger partial charge in [-0.05, 0) is 23.6 Å². The number of rotatable bonds is 2. The highest BCUT2D eigenvalue weighted by molar-refractivity contribution is 9.10. The second-order valence-corrected chi connectivity index (χ2v) is 6.34. The molecule has 0 fully saturated rings. The van der Waals surface area contributed by atoms with Gasteiger partial charge in [0.1, 0.15) is 5.82 Å². The van der Waals surface area contributed by atoms with Gasteiger partial charge in [-0.15, -0.1) is 0 Å². The Kier molecular flexibility index (Phi) is 3.73. The number of hydrogen-bond acceptors (Lipinski definition) is 4. The third kappa shape index (κ3) is 3.01. The van der Waals surface area contributed by atoms with Crippen molar-refractivity contribution in [2.24, 2.45) is 11.1 Å². The van der Waals surface area contributed by atoms with Gasteiger partial charge in [-0.2, -0.15) is 4.98 Å². The quantitative estimate of drug-likeness (QED) is 0.913. The van der Waals surface area contributed by atoms with Crippen LogP contribution in [0.1, 0.15) is 32.6 Å². The molecule has 1 heterocycles. The second-order valence-electron chi connectivity index (χ2n) is 5.43. The molecular formula is C13H15BrFN3O. The van der Waals surface area contributed by atoms with Crippen molar-refractivity contribution < 1.29 is 8.91 Å². The van der Waals surface area contributed by atoms with Crippen LogP contribution in [0, 0.1) is 11.2 Å². The van der Waals surface area contributed by atoms with E-state index in [0.717, 1.165) is 4.47 Å². The van der Waals surface area contributed by atoms with Crippen molar-refractivity contribution in [3.8, 4) is 11.5 Å². The summed E-state index contributed by atoms with van der Waals surface area (Å²) in [5.41, 5.74) is 6.10. The van der Waals surface area contributed by atoms with E-state index in [2.05, 4.69) is 26.1 Å². The van der Waals surface area contributed by atoms with Crippen LogP contribution in [-0.4, -0.2) is 10.1 Å². The Hall–Kier alpha value is -1.27. The van der Waals surface area contributed by atoms with Crippen molar-refractivity contribution in [3.05, 3.63) is 34.3 Å². The van der Waals surface area contributed by atoms with Gasteiger partial charge in [-0.1, -0.05) is 41.9 Å². The summed E-state index contributed by atoms with van der Waals surface area (Å²) in [5.74, 6) is 0.0955. The predicted octanol–water partition coefficient (Wildman–Crippen LogP) is 3.68.